The third kappa shape index (κ3) is 4.00. The molecule has 0 aromatic rings. The van der Waals surface area contributed by atoms with Crippen molar-refractivity contribution in [2.45, 2.75) is 46.3 Å². The van der Waals surface area contributed by atoms with Crippen molar-refractivity contribution in [3.8, 4) is 0 Å². The summed E-state index contributed by atoms with van der Waals surface area (Å²) < 4.78 is 4.61. The Morgan fingerprint density at radius 1 is 1.24 bits per heavy atom. The van der Waals surface area contributed by atoms with Crippen molar-refractivity contribution >= 4 is 11.9 Å². The van der Waals surface area contributed by atoms with Crippen LogP contribution in [0.4, 0.5) is 0 Å². The Bertz CT molecular complexity index is 284. The minimum absolute atomic E-state index is 0.102. The van der Waals surface area contributed by atoms with E-state index in [-0.39, 0.29) is 11.8 Å². The Balaban J connectivity index is 4.79. The summed E-state index contributed by atoms with van der Waals surface area (Å²) in [7, 11) is 1.27. The van der Waals surface area contributed by atoms with Gasteiger partial charge in [0, 0.05) is 0 Å². The first kappa shape index (κ1) is 15.9. The van der Waals surface area contributed by atoms with Gasteiger partial charge in [-0.15, -0.1) is 0 Å². The lowest BCUT2D eigenvalue weighted by atomic mass is 9.90. The molecular formula is C12H23NO4. The van der Waals surface area contributed by atoms with E-state index in [0.717, 1.165) is 0 Å². The molecule has 0 radical (unpaired) electrons. The van der Waals surface area contributed by atoms with Crippen molar-refractivity contribution in [2.75, 3.05) is 7.11 Å². The molecule has 0 rings (SSSR count). The van der Waals surface area contributed by atoms with Crippen LogP contribution in [-0.4, -0.2) is 35.7 Å². The van der Waals surface area contributed by atoms with Gasteiger partial charge in [0.15, 0.2) is 0 Å². The molecule has 0 aliphatic carbocycles. The minimum atomic E-state index is -1.50. The lowest BCUT2D eigenvalue weighted by Crippen LogP contribution is -2.55. The second kappa shape index (κ2) is 6.00. The SMILES string of the molecule is COC(=O)C(NC(=O)C(C)(O)C(C)C)C(C)C. The normalized spacial score (nSPS) is 16.5. The predicted molar refractivity (Wildman–Crippen MR) is 64.2 cm³/mol. The molecule has 2 N–H and O–H groups in total. The summed E-state index contributed by atoms with van der Waals surface area (Å²) in [5, 5.41) is 12.5. The second-order valence-electron chi connectivity index (χ2n) is 5.02. The lowest BCUT2D eigenvalue weighted by molar-refractivity contribution is -0.151. The van der Waals surface area contributed by atoms with E-state index in [0.29, 0.717) is 0 Å². The zero-order valence-electron chi connectivity index (χ0n) is 11.4. The monoisotopic (exact) mass is 245 g/mol. The van der Waals surface area contributed by atoms with Crippen LogP contribution >= 0.6 is 0 Å². The Morgan fingerprint density at radius 3 is 2.00 bits per heavy atom. The number of ether oxygens (including phenoxy) is 1. The van der Waals surface area contributed by atoms with Crippen LogP contribution in [0.5, 0.6) is 0 Å². The highest BCUT2D eigenvalue weighted by Gasteiger charge is 2.37. The van der Waals surface area contributed by atoms with Gasteiger partial charge in [0.25, 0.3) is 5.91 Å². The number of hydrogen-bond donors (Lipinski definition) is 2. The first-order valence-electron chi connectivity index (χ1n) is 5.75. The predicted octanol–water partition coefficient (Wildman–Crippen LogP) is 0.707. The first-order valence-corrected chi connectivity index (χ1v) is 5.75. The van der Waals surface area contributed by atoms with E-state index in [1.807, 2.05) is 0 Å². The minimum Gasteiger partial charge on any atom is -0.467 e. The van der Waals surface area contributed by atoms with Gasteiger partial charge in [-0.05, 0) is 18.8 Å². The lowest BCUT2D eigenvalue weighted by Gasteiger charge is -2.29. The van der Waals surface area contributed by atoms with Gasteiger partial charge in [0.1, 0.15) is 11.6 Å². The highest BCUT2D eigenvalue weighted by Crippen LogP contribution is 2.17. The molecule has 17 heavy (non-hydrogen) atoms. The molecule has 2 unspecified atom stereocenters. The summed E-state index contributed by atoms with van der Waals surface area (Å²) in [6, 6.07) is -0.738. The average molecular weight is 245 g/mol. The molecule has 2 atom stereocenters. The molecule has 0 heterocycles. The van der Waals surface area contributed by atoms with Crippen LogP contribution < -0.4 is 5.32 Å². The topological polar surface area (TPSA) is 75.6 Å². The van der Waals surface area contributed by atoms with Crippen molar-refractivity contribution in [1.82, 2.24) is 5.32 Å². The third-order valence-electron chi connectivity index (χ3n) is 2.99. The maximum Gasteiger partial charge on any atom is 0.328 e. The molecule has 0 aliphatic rings. The number of amides is 1. The molecule has 0 saturated carbocycles. The van der Waals surface area contributed by atoms with Gasteiger partial charge < -0.3 is 15.2 Å². The van der Waals surface area contributed by atoms with Crippen LogP contribution in [0.15, 0.2) is 0 Å². The van der Waals surface area contributed by atoms with Crippen molar-refractivity contribution in [3.63, 3.8) is 0 Å². The molecular weight excluding hydrogens is 222 g/mol. The maximum atomic E-state index is 11.9. The second-order valence-corrected chi connectivity index (χ2v) is 5.02. The van der Waals surface area contributed by atoms with Gasteiger partial charge in [-0.2, -0.15) is 0 Å². The van der Waals surface area contributed by atoms with Crippen molar-refractivity contribution in [2.24, 2.45) is 11.8 Å². The van der Waals surface area contributed by atoms with E-state index in [9.17, 15) is 14.7 Å². The largest absolute Gasteiger partial charge is 0.467 e. The summed E-state index contributed by atoms with van der Waals surface area (Å²) in [5.41, 5.74) is -1.50. The van der Waals surface area contributed by atoms with Crippen LogP contribution in [0, 0.1) is 11.8 Å². The third-order valence-corrected chi connectivity index (χ3v) is 2.99. The summed E-state index contributed by atoms with van der Waals surface area (Å²) >= 11 is 0. The quantitative estimate of drug-likeness (QED) is 0.699. The van der Waals surface area contributed by atoms with E-state index < -0.39 is 23.5 Å². The van der Waals surface area contributed by atoms with E-state index in [1.165, 1.54) is 14.0 Å². The fourth-order valence-electron chi connectivity index (χ4n) is 1.17. The van der Waals surface area contributed by atoms with Crippen LogP contribution in [-0.2, 0) is 14.3 Å². The Hall–Kier alpha value is -1.10. The van der Waals surface area contributed by atoms with Crippen LogP contribution in [0.25, 0.3) is 0 Å². The van der Waals surface area contributed by atoms with Crippen molar-refractivity contribution < 1.29 is 19.4 Å². The molecule has 0 spiro atoms. The number of aliphatic hydroxyl groups is 1. The summed E-state index contributed by atoms with van der Waals surface area (Å²) in [5.74, 6) is -1.41. The molecule has 0 aromatic heterocycles. The molecule has 5 nitrogen and oxygen atoms in total. The summed E-state index contributed by atoms with van der Waals surface area (Å²) in [6.45, 7) is 8.50. The Morgan fingerprint density at radius 2 is 1.71 bits per heavy atom. The molecule has 0 aliphatic heterocycles. The number of methoxy groups -OCH3 is 1. The van der Waals surface area contributed by atoms with Gasteiger partial charge >= 0.3 is 5.97 Å². The van der Waals surface area contributed by atoms with Crippen LogP contribution in [0.1, 0.15) is 34.6 Å². The fraction of sp³-hybridized carbons (Fsp3) is 0.833. The molecule has 0 fully saturated rings. The van der Waals surface area contributed by atoms with Crippen molar-refractivity contribution in [1.29, 1.82) is 0 Å². The zero-order chi connectivity index (χ0) is 13.8. The Labute approximate surface area is 103 Å². The highest BCUT2D eigenvalue weighted by molar-refractivity contribution is 5.89. The number of nitrogens with one attached hydrogen (secondary N) is 1. The molecule has 0 bridgehead atoms. The van der Waals surface area contributed by atoms with Gasteiger partial charge in [-0.3, -0.25) is 4.79 Å². The number of esters is 1. The van der Waals surface area contributed by atoms with Crippen molar-refractivity contribution in [3.05, 3.63) is 0 Å². The number of carbonyl (C=O) groups excluding carboxylic acids is 2. The number of carbonyl (C=O) groups is 2. The van der Waals surface area contributed by atoms with E-state index in [4.69, 9.17) is 0 Å². The summed E-state index contributed by atoms with van der Waals surface area (Å²) in [6.07, 6.45) is 0. The van der Waals surface area contributed by atoms with Gasteiger partial charge in [-0.1, -0.05) is 27.7 Å². The molecule has 0 saturated heterocycles. The fourth-order valence-corrected chi connectivity index (χ4v) is 1.17. The molecule has 5 heteroatoms. The highest BCUT2D eigenvalue weighted by atomic mass is 16.5. The van der Waals surface area contributed by atoms with Gasteiger partial charge in [-0.25, -0.2) is 4.79 Å². The number of hydrogen-bond acceptors (Lipinski definition) is 4. The average Bonchev–Trinajstić information content (AvgIpc) is 2.23. The zero-order valence-corrected chi connectivity index (χ0v) is 11.4. The standard InChI is InChI=1S/C12H23NO4/c1-7(2)9(10(14)17-6)13-11(15)12(5,16)8(3)4/h7-9,16H,1-6H3,(H,13,15). The van der Waals surface area contributed by atoms with Crippen LogP contribution in [0.2, 0.25) is 0 Å². The van der Waals surface area contributed by atoms with E-state index in [2.05, 4.69) is 10.1 Å². The van der Waals surface area contributed by atoms with E-state index in [1.54, 1.807) is 27.7 Å². The molecule has 100 valence electrons. The smallest absolute Gasteiger partial charge is 0.328 e. The van der Waals surface area contributed by atoms with Crippen LogP contribution in [0.3, 0.4) is 0 Å². The number of rotatable bonds is 5. The molecule has 1 amide bonds. The Kier molecular flexibility index (Phi) is 5.61. The summed E-state index contributed by atoms with van der Waals surface area (Å²) in [4.78, 5) is 23.3. The first-order chi connectivity index (χ1) is 7.64. The maximum absolute atomic E-state index is 11.9. The van der Waals surface area contributed by atoms with E-state index >= 15 is 0 Å². The van der Waals surface area contributed by atoms with Gasteiger partial charge in [0.2, 0.25) is 0 Å². The molecule has 0 aromatic carbocycles. The van der Waals surface area contributed by atoms with Gasteiger partial charge in [0.05, 0.1) is 7.11 Å².